The van der Waals surface area contributed by atoms with Gasteiger partial charge in [-0.15, -0.1) is 6.42 Å². The summed E-state index contributed by atoms with van der Waals surface area (Å²) >= 11 is 0. The predicted octanol–water partition coefficient (Wildman–Crippen LogP) is 0.943. The van der Waals surface area contributed by atoms with Gasteiger partial charge in [0, 0.05) is 0 Å². The first-order chi connectivity index (χ1) is 9.08. The number of nitrogens with one attached hydrogen (secondary N) is 2. The highest BCUT2D eigenvalue weighted by Gasteiger charge is 2.13. The Morgan fingerprint density at radius 2 is 2.16 bits per heavy atom. The highest BCUT2D eigenvalue weighted by Crippen LogP contribution is 2.18. The molecule has 1 aromatic rings. The maximum absolute atomic E-state index is 11.6. The van der Waals surface area contributed by atoms with Gasteiger partial charge < -0.3 is 10.1 Å². The number of terminal acetylenes is 1. The van der Waals surface area contributed by atoms with Crippen molar-refractivity contribution in [3.05, 3.63) is 29.3 Å². The maximum atomic E-state index is 11.6. The normalized spacial score (nSPS) is 9.53. The maximum Gasteiger partial charge on any atom is 0.339 e. The standard InChI is InChI=1S/C14H16N2O3/c1-4-7-15-9-13(17)16-12-6-5-10(2)8-11(12)14(18)19-3/h1,5-6,8,15H,7,9H2,2-3H3,(H,16,17). The first kappa shape index (κ1) is 14.7. The first-order valence-electron chi connectivity index (χ1n) is 5.71. The lowest BCUT2D eigenvalue weighted by Crippen LogP contribution is -2.28. The van der Waals surface area contributed by atoms with Crippen LogP contribution in [0, 0.1) is 19.3 Å². The van der Waals surface area contributed by atoms with E-state index in [1.165, 1.54) is 7.11 Å². The SMILES string of the molecule is C#CCNCC(=O)Nc1ccc(C)cc1C(=O)OC. The first-order valence-corrected chi connectivity index (χ1v) is 5.71. The van der Waals surface area contributed by atoms with E-state index in [2.05, 4.69) is 21.3 Å². The molecular weight excluding hydrogens is 244 g/mol. The molecule has 0 fully saturated rings. The molecule has 0 radical (unpaired) electrons. The van der Waals surface area contributed by atoms with Gasteiger partial charge in [-0.3, -0.25) is 10.1 Å². The molecule has 0 heterocycles. The van der Waals surface area contributed by atoms with Crippen LogP contribution in [0.25, 0.3) is 0 Å². The minimum Gasteiger partial charge on any atom is -0.465 e. The van der Waals surface area contributed by atoms with Crippen LogP contribution in [0.15, 0.2) is 18.2 Å². The number of hydrogen-bond acceptors (Lipinski definition) is 4. The number of esters is 1. The number of anilines is 1. The lowest BCUT2D eigenvalue weighted by Gasteiger charge is -2.10. The number of hydrogen-bond donors (Lipinski definition) is 2. The Hall–Kier alpha value is -2.32. The fraction of sp³-hybridized carbons (Fsp3) is 0.286. The van der Waals surface area contributed by atoms with Crippen molar-refractivity contribution in [2.24, 2.45) is 0 Å². The lowest BCUT2D eigenvalue weighted by atomic mass is 10.1. The van der Waals surface area contributed by atoms with Crippen molar-refractivity contribution in [2.75, 3.05) is 25.5 Å². The average molecular weight is 260 g/mol. The van der Waals surface area contributed by atoms with Crippen molar-refractivity contribution >= 4 is 17.6 Å². The van der Waals surface area contributed by atoms with Crippen LogP contribution in [0.1, 0.15) is 15.9 Å². The lowest BCUT2D eigenvalue weighted by molar-refractivity contribution is -0.115. The largest absolute Gasteiger partial charge is 0.465 e. The van der Waals surface area contributed by atoms with Gasteiger partial charge in [0.25, 0.3) is 0 Å². The van der Waals surface area contributed by atoms with E-state index in [1.807, 2.05) is 6.92 Å². The zero-order valence-electron chi connectivity index (χ0n) is 10.9. The Bertz CT molecular complexity index is 518. The molecule has 0 aliphatic rings. The van der Waals surface area contributed by atoms with Gasteiger partial charge in [-0.2, -0.15) is 0 Å². The summed E-state index contributed by atoms with van der Waals surface area (Å²) in [7, 11) is 1.30. The molecule has 1 aromatic carbocycles. The van der Waals surface area contributed by atoms with E-state index >= 15 is 0 Å². The van der Waals surface area contributed by atoms with Crippen LogP contribution in [0.5, 0.6) is 0 Å². The number of amides is 1. The van der Waals surface area contributed by atoms with Crippen molar-refractivity contribution in [2.45, 2.75) is 6.92 Å². The van der Waals surface area contributed by atoms with Crippen LogP contribution in [0.2, 0.25) is 0 Å². The fourth-order valence-electron chi connectivity index (χ4n) is 1.49. The molecule has 0 saturated carbocycles. The molecule has 0 aliphatic heterocycles. The number of carbonyl (C=O) groups is 2. The van der Waals surface area contributed by atoms with E-state index < -0.39 is 5.97 Å². The summed E-state index contributed by atoms with van der Waals surface area (Å²) in [5.74, 6) is 1.60. The zero-order chi connectivity index (χ0) is 14.3. The van der Waals surface area contributed by atoms with Crippen molar-refractivity contribution in [1.29, 1.82) is 0 Å². The van der Waals surface area contributed by atoms with Crippen molar-refractivity contribution in [3.63, 3.8) is 0 Å². The summed E-state index contributed by atoms with van der Waals surface area (Å²) in [6.07, 6.45) is 5.06. The quantitative estimate of drug-likeness (QED) is 0.470. The second-order valence-electron chi connectivity index (χ2n) is 3.90. The number of benzene rings is 1. The van der Waals surface area contributed by atoms with Crippen LogP contribution >= 0.6 is 0 Å². The van der Waals surface area contributed by atoms with E-state index in [0.717, 1.165) is 5.56 Å². The number of rotatable bonds is 5. The highest BCUT2D eigenvalue weighted by molar-refractivity contribution is 6.01. The van der Waals surface area contributed by atoms with Crippen molar-refractivity contribution < 1.29 is 14.3 Å². The summed E-state index contributed by atoms with van der Waals surface area (Å²) < 4.78 is 4.68. The fourth-order valence-corrected chi connectivity index (χ4v) is 1.49. The molecule has 100 valence electrons. The third kappa shape index (κ3) is 4.45. The smallest absolute Gasteiger partial charge is 0.339 e. The second kappa shape index (κ2) is 7.19. The Kier molecular flexibility index (Phi) is 5.58. The van der Waals surface area contributed by atoms with E-state index in [1.54, 1.807) is 18.2 Å². The van der Waals surface area contributed by atoms with Crippen LogP contribution < -0.4 is 10.6 Å². The Morgan fingerprint density at radius 3 is 2.79 bits per heavy atom. The average Bonchev–Trinajstić information content (AvgIpc) is 2.40. The third-order valence-electron chi connectivity index (χ3n) is 2.37. The topological polar surface area (TPSA) is 67.4 Å². The van der Waals surface area contributed by atoms with Gasteiger partial charge in [0.2, 0.25) is 5.91 Å². The van der Waals surface area contributed by atoms with Gasteiger partial charge in [-0.1, -0.05) is 17.6 Å². The third-order valence-corrected chi connectivity index (χ3v) is 2.37. The van der Waals surface area contributed by atoms with Gasteiger partial charge in [0.1, 0.15) is 0 Å². The van der Waals surface area contributed by atoms with Gasteiger partial charge in [-0.05, 0) is 19.1 Å². The summed E-state index contributed by atoms with van der Waals surface area (Å²) in [5, 5.41) is 5.41. The number of aryl methyl sites for hydroxylation is 1. The number of ether oxygens (including phenoxy) is 1. The molecule has 1 amide bonds. The van der Waals surface area contributed by atoms with E-state index in [-0.39, 0.29) is 12.5 Å². The molecule has 5 nitrogen and oxygen atoms in total. The van der Waals surface area contributed by atoms with E-state index in [9.17, 15) is 9.59 Å². The number of methoxy groups -OCH3 is 1. The summed E-state index contributed by atoms with van der Waals surface area (Å²) in [6, 6.07) is 5.13. The minimum atomic E-state index is -0.490. The molecule has 19 heavy (non-hydrogen) atoms. The molecule has 1 rings (SSSR count). The van der Waals surface area contributed by atoms with Crippen LogP contribution in [-0.4, -0.2) is 32.1 Å². The molecule has 0 atom stereocenters. The molecule has 0 bridgehead atoms. The molecular formula is C14H16N2O3. The van der Waals surface area contributed by atoms with E-state index in [4.69, 9.17) is 6.42 Å². The molecule has 0 saturated heterocycles. The van der Waals surface area contributed by atoms with Gasteiger partial charge in [-0.25, -0.2) is 4.79 Å². The molecule has 0 unspecified atom stereocenters. The van der Waals surface area contributed by atoms with Crippen molar-refractivity contribution in [1.82, 2.24) is 5.32 Å². The summed E-state index contributed by atoms with van der Waals surface area (Å²) in [6.45, 7) is 2.25. The highest BCUT2D eigenvalue weighted by atomic mass is 16.5. The van der Waals surface area contributed by atoms with Crippen molar-refractivity contribution in [3.8, 4) is 12.3 Å². The monoisotopic (exact) mass is 260 g/mol. The Labute approximate surface area is 112 Å². The molecule has 0 aliphatic carbocycles. The summed E-state index contributed by atoms with van der Waals surface area (Å²) in [5.41, 5.74) is 1.65. The Balaban J connectivity index is 2.80. The van der Waals surface area contributed by atoms with Crippen LogP contribution in [-0.2, 0) is 9.53 Å². The van der Waals surface area contributed by atoms with Crippen LogP contribution in [0.4, 0.5) is 5.69 Å². The minimum absolute atomic E-state index is 0.0820. The molecule has 0 spiro atoms. The van der Waals surface area contributed by atoms with Gasteiger partial charge in [0.05, 0.1) is 31.5 Å². The number of carbonyl (C=O) groups excluding carboxylic acids is 2. The predicted molar refractivity (Wildman–Crippen MR) is 72.9 cm³/mol. The Morgan fingerprint density at radius 1 is 1.42 bits per heavy atom. The van der Waals surface area contributed by atoms with Gasteiger partial charge in [0.15, 0.2) is 0 Å². The molecule has 5 heteroatoms. The molecule has 0 aromatic heterocycles. The van der Waals surface area contributed by atoms with E-state index in [0.29, 0.717) is 17.8 Å². The van der Waals surface area contributed by atoms with Crippen LogP contribution in [0.3, 0.4) is 0 Å². The second-order valence-corrected chi connectivity index (χ2v) is 3.90. The zero-order valence-corrected chi connectivity index (χ0v) is 10.9. The molecule has 2 N–H and O–H groups in total. The summed E-state index contributed by atoms with van der Waals surface area (Å²) in [4.78, 5) is 23.3. The van der Waals surface area contributed by atoms with Gasteiger partial charge >= 0.3 is 5.97 Å².